The van der Waals surface area contributed by atoms with Gasteiger partial charge in [0.25, 0.3) is 11.8 Å². The number of hydrogen-bond donors (Lipinski definition) is 2. The normalized spacial score (nSPS) is 13.5. The highest BCUT2D eigenvalue weighted by molar-refractivity contribution is 6.30. The molecule has 1 aliphatic heterocycles. The summed E-state index contributed by atoms with van der Waals surface area (Å²) in [6, 6.07) is 13.1. The molecule has 1 saturated heterocycles. The minimum Gasteiger partial charge on any atom is -0.312 e. The van der Waals surface area contributed by atoms with Gasteiger partial charge in [-0.25, -0.2) is 9.97 Å². The maximum absolute atomic E-state index is 12.7. The number of aromatic nitrogens is 2. The highest BCUT2D eigenvalue weighted by atomic mass is 35.5. The van der Waals surface area contributed by atoms with E-state index in [4.69, 9.17) is 11.6 Å². The van der Waals surface area contributed by atoms with Crippen LogP contribution in [0.3, 0.4) is 0 Å². The third-order valence-corrected chi connectivity index (χ3v) is 5.24. The minimum atomic E-state index is -0.470. The van der Waals surface area contributed by atoms with Crippen LogP contribution in [0.25, 0.3) is 0 Å². The Labute approximate surface area is 189 Å². The quantitative estimate of drug-likeness (QED) is 0.608. The van der Waals surface area contributed by atoms with E-state index in [0.717, 1.165) is 18.5 Å². The number of carbonyl (C=O) groups is 3. The number of rotatable bonds is 5. The van der Waals surface area contributed by atoms with Crippen LogP contribution in [-0.2, 0) is 4.79 Å². The summed E-state index contributed by atoms with van der Waals surface area (Å²) >= 11 is 5.81. The van der Waals surface area contributed by atoms with Crippen molar-refractivity contribution in [3.63, 3.8) is 0 Å². The van der Waals surface area contributed by atoms with E-state index in [9.17, 15) is 14.4 Å². The largest absolute Gasteiger partial charge is 0.312 e. The van der Waals surface area contributed by atoms with Crippen LogP contribution < -0.4 is 15.5 Å². The minimum absolute atomic E-state index is 0.0905. The average Bonchev–Trinajstić information content (AvgIpc) is 2.81. The lowest BCUT2D eigenvalue weighted by Gasteiger charge is -2.26. The third-order valence-electron chi connectivity index (χ3n) is 5.02. The maximum atomic E-state index is 12.7. The molecule has 3 aromatic rings. The fourth-order valence-corrected chi connectivity index (χ4v) is 3.48. The Kier molecular flexibility index (Phi) is 6.42. The van der Waals surface area contributed by atoms with Crippen molar-refractivity contribution in [2.75, 3.05) is 22.1 Å². The topological polar surface area (TPSA) is 104 Å². The molecule has 2 aromatic heterocycles. The van der Waals surface area contributed by atoms with Crippen LogP contribution >= 0.6 is 11.6 Å². The molecule has 3 heterocycles. The van der Waals surface area contributed by atoms with Crippen molar-refractivity contribution in [2.24, 2.45) is 0 Å². The summed E-state index contributed by atoms with van der Waals surface area (Å²) in [5, 5.41) is 5.78. The van der Waals surface area contributed by atoms with Crippen LogP contribution in [0.1, 0.15) is 40.0 Å². The molecule has 0 saturated carbocycles. The Bertz CT molecular complexity index is 1150. The number of amides is 3. The number of nitrogens with zero attached hydrogens (tertiary/aromatic N) is 3. The summed E-state index contributed by atoms with van der Waals surface area (Å²) in [6.45, 7) is 0.680. The summed E-state index contributed by atoms with van der Waals surface area (Å²) < 4.78 is 0. The van der Waals surface area contributed by atoms with Crippen molar-refractivity contribution in [3.05, 3.63) is 77.1 Å². The van der Waals surface area contributed by atoms with Crippen LogP contribution in [0.5, 0.6) is 0 Å². The Morgan fingerprint density at radius 1 is 0.938 bits per heavy atom. The highest BCUT2D eigenvalue weighted by Gasteiger charge is 2.20. The Morgan fingerprint density at radius 2 is 1.75 bits per heavy atom. The summed E-state index contributed by atoms with van der Waals surface area (Å²) in [4.78, 5) is 47.4. The number of anilines is 3. The predicted octanol–water partition coefficient (Wildman–Crippen LogP) is 4.15. The molecule has 0 unspecified atom stereocenters. The summed E-state index contributed by atoms with van der Waals surface area (Å²) in [5.41, 5.74) is 1.34. The van der Waals surface area contributed by atoms with Gasteiger partial charge in [0, 0.05) is 36.6 Å². The monoisotopic (exact) mass is 449 g/mol. The standard InChI is InChI=1S/C23H20ClN5O3/c24-16-8-11-19(26-14-16)27-23(32)18-4-3-12-25-21(18)28-22(31)15-6-9-17(10-7-15)29-13-2-1-5-20(29)30/h3-4,6-12,14H,1-2,5,13H2,(H,25,28,31)(H,26,27,32). The average molecular weight is 450 g/mol. The summed E-state index contributed by atoms with van der Waals surface area (Å²) in [6.07, 6.45) is 5.31. The smallest absolute Gasteiger partial charge is 0.260 e. The molecule has 1 fully saturated rings. The molecule has 0 radical (unpaired) electrons. The van der Waals surface area contributed by atoms with E-state index < -0.39 is 11.8 Å². The number of nitrogens with one attached hydrogen (secondary N) is 2. The van der Waals surface area contributed by atoms with Crippen LogP contribution in [0.15, 0.2) is 60.9 Å². The molecule has 3 amide bonds. The fourth-order valence-electron chi connectivity index (χ4n) is 3.37. The lowest BCUT2D eigenvalue weighted by atomic mass is 10.1. The lowest BCUT2D eigenvalue weighted by Crippen LogP contribution is -2.35. The zero-order valence-corrected chi connectivity index (χ0v) is 17.8. The van der Waals surface area contributed by atoms with Gasteiger partial charge in [-0.1, -0.05) is 11.6 Å². The third kappa shape index (κ3) is 4.92. The zero-order valence-electron chi connectivity index (χ0n) is 17.0. The number of carbonyl (C=O) groups excluding carboxylic acids is 3. The van der Waals surface area contributed by atoms with E-state index in [1.165, 1.54) is 12.4 Å². The number of halogens is 1. The van der Waals surface area contributed by atoms with E-state index >= 15 is 0 Å². The molecule has 0 spiro atoms. The van der Waals surface area contributed by atoms with Crippen LogP contribution in [0, 0.1) is 0 Å². The van der Waals surface area contributed by atoms with Crippen molar-refractivity contribution in [2.45, 2.75) is 19.3 Å². The second kappa shape index (κ2) is 9.57. The molecule has 9 heteroatoms. The van der Waals surface area contributed by atoms with Gasteiger partial charge in [-0.3, -0.25) is 14.4 Å². The van der Waals surface area contributed by atoms with E-state index in [1.807, 2.05) is 0 Å². The molecule has 2 N–H and O–H groups in total. The second-order valence-electron chi connectivity index (χ2n) is 7.22. The van der Waals surface area contributed by atoms with Crippen LogP contribution in [0.4, 0.5) is 17.3 Å². The molecule has 0 aliphatic carbocycles. The first-order chi connectivity index (χ1) is 15.5. The maximum Gasteiger partial charge on any atom is 0.260 e. The molecule has 8 nitrogen and oxygen atoms in total. The van der Waals surface area contributed by atoms with Crippen LogP contribution in [-0.4, -0.2) is 34.2 Å². The predicted molar refractivity (Wildman–Crippen MR) is 122 cm³/mol. The van der Waals surface area contributed by atoms with Crippen molar-refractivity contribution in [3.8, 4) is 0 Å². The lowest BCUT2D eigenvalue weighted by molar-refractivity contribution is -0.119. The van der Waals surface area contributed by atoms with Crippen molar-refractivity contribution >= 4 is 46.6 Å². The van der Waals surface area contributed by atoms with Crippen molar-refractivity contribution in [1.82, 2.24) is 9.97 Å². The number of piperidine rings is 1. The van der Waals surface area contributed by atoms with Gasteiger partial charge in [-0.2, -0.15) is 0 Å². The van der Waals surface area contributed by atoms with E-state index in [2.05, 4.69) is 20.6 Å². The van der Waals surface area contributed by atoms with Crippen LogP contribution in [0.2, 0.25) is 5.02 Å². The number of hydrogen-bond acceptors (Lipinski definition) is 5. The Hall–Kier alpha value is -3.78. The van der Waals surface area contributed by atoms with Gasteiger partial charge in [0.15, 0.2) is 0 Å². The van der Waals surface area contributed by atoms with Gasteiger partial charge in [-0.05, 0) is 61.4 Å². The molecule has 0 bridgehead atoms. The first kappa shape index (κ1) is 21.5. The fraction of sp³-hybridized carbons (Fsp3) is 0.174. The van der Waals surface area contributed by atoms with Gasteiger partial charge in [0.1, 0.15) is 11.6 Å². The van der Waals surface area contributed by atoms with E-state index in [1.54, 1.807) is 53.4 Å². The molecule has 0 atom stereocenters. The van der Waals surface area contributed by atoms with E-state index in [-0.39, 0.29) is 17.3 Å². The van der Waals surface area contributed by atoms with E-state index in [0.29, 0.717) is 29.4 Å². The van der Waals surface area contributed by atoms with Crippen molar-refractivity contribution in [1.29, 1.82) is 0 Å². The number of pyridine rings is 2. The summed E-state index contributed by atoms with van der Waals surface area (Å²) in [5.74, 6) is -0.350. The Morgan fingerprint density at radius 3 is 2.47 bits per heavy atom. The van der Waals surface area contributed by atoms with Gasteiger partial charge in [-0.15, -0.1) is 0 Å². The van der Waals surface area contributed by atoms with Gasteiger partial charge >= 0.3 is 0 Å². The summed E-state index contributed by atoms with van der Waals surface area (Å²) in [7, 11) is 0. The first-order valence-corrected chi connectivity index (χ1v) is 10.5. The second-order valence-corrected chi connectivity index (χ2v) is 7.66. The molecule has 162 valence electrons. The van der Waals surface area contributed by atoms with Gasteiger partial charge in [0.05, 0.1) is 10.6 Å². The SMILES string of the molecule is O=C(Nc1ncccc1C(=O)Nc1ccc(Cl)cn1)c1ccc(N2CCCCC2=O)cc1. The molecular formula is C23H20ClN5O3. The van der Waals surface area contributed by atoms with Gasteiger partial charge in [0.2, 0.25) is 5.91 Å². The first-order valence-electron chi connectivity index (χ1n) is 10.1. The molecule has 4 rings (SSSR count). The Balaban J connectivity index is 1.47. The molecular weight excluding hydrogens is 430 g/mol. The van der Waals surface area contributed by atoms with Gasteiger partial charge < -0.3 is 15.5 Å². The highest BCUT2D eigenvalue weighted by Crippen LogP contribution is 2.22. The zero-order chi connectivity index (χ0) is 22.5. The molecule has 1 aliphatic rings. The molecule has 32 heavy (non-hydrogen) atoms. The van der Waals surface area contributed by atoms with Crippen molar-refractivity contribution < 1.29 is 14.4 Å². The number of benzene rings is 1. The molecule has 1 aromatic carbocycles.